The van der Waals surface area contributed by atoms with E-state index < -0.39 is 23.4 Å². The SMILES string of the molecule is CN(CCCc1[nH]c(=S)n2c1CC(c1c(F)ccc(F)c1F)C2)C1CCCC1. The number of aromatic nitrogens is 2. The lowest BCUT2D eigenvalue weighted by molar-refractivity contribution is 0.242. The molecular formula is C21H26F3N3S. The third-order valence-corrected chi connectivity index (χ3v) is 6.72. The summed E-state index contributed by atoms with van der Waals surface area (Å²) in [7, 11) is 2.19. The van der Waals surface area contributed by atoms with Crippen molar-refractivity contribution in [1.82, 2.24) is 14.5 Å². The van der Waals surface area contributed by atoms with E-state index >= 15 is 0 Å². The van der Waals surface area contributed by atoms with E-state index in [-0.39, 0.29) is 5.56 Å². The first-order valence-corrected chi connectivity index (χ1v) is 10.5. The summed E-state index contributed by atoms with van der Waals surface area (Å²) in [5.41, 5.74) is 1.89. The Morgan fingerprint density at radius 3 is 2.64 bits per heavy atom. The molecule has 1 aliphatic heterocycles. The fourth-order valence-corrected chi connectivity index (χ4v) is 5.16. The molecule has 0 saturated heterocycles. The Bertz CT molecular complexity index is 914. The summed E-state index contributed by atoms with van der Waals surface area (Å²) in [6.45, 7) is 1.40. The topological polar surface area (TPSA) is 24.0 Å². The van der Waals surface area contributed by atoms with Crippen LogP contribution in [0.4, 0.5) is 13.2 Å². The molecular weight excluding hydrogens is 383 g/mol. The predicted octanol–water partition coefficient (Wildman–Crippen LogP) is 5.11. The summed E-state index contributed by atoms with van der Waals surface area (Å²) in [5.74, 6) is -3.20. The van der Waals surface area contributed by atoms with Crippen LogP contribution in [-0.4, -0.2) is 34.1 Å². The van der Waals surface area contributed by atoms with Crippen molar-refractivity contribution in [2.24, 2.45) is 0 Å². The summed E-state index contributed by atoms with van der Waals surface area (Å²) >= 11 is 5.42. The van der Waals surface area contributed by atoms with Crippen LogP contribution in [0.5, 0.6) is 0 Å². The van der Waals surface area contributed by atoms with E-state index in [4.69, 9.17) is 12.2 Å². The zero-order valence-electron chi connectivity index (χ0n) is 16.1. The van der Waals surface area contributed by atoms with Gasteiger partial charge in [-0.05, 0) is 70.0 Å². The number of hydrogen-bond acceptors (Lipinski definition) is 2. The van der Waals surface area contributed by atoms with Crippen LogP contribution < -0.4 is 0 Å². The second-order valence-corrected chi connectivity index (χ2v) is 8.53. The molecule has 2 heterocycles. The fraction of sp³-hybridized carbons (Fsp3) is 0.571. The molecule has 1 aliphatic carbocycles. The van der Waals surface area contributed by atoms with Crippen molar-refractivity contribution in [1.29, 1.82) is 0 Å². The van der Waals surface area contributed by atoms with Gasteiger partial charge in [-0.2, -0.15) is 0 Å². The van der Waals surface area contributed by atoms with Crippen LogP contribution >= 0.6 is 12.2 Å². The van der Waals surface area contributed by atoms with Crippen molar-refractivity contribution < 1.29 is 13.2 Å². The maximum atomic E-state index is 14.2. The van der Waals surface area contributed by atoms with E-state index in [2.05, 4.69) is 16.9 Å². The number of aryl methyl sites for hydroxylation is 1. The van der Waals surface area contributed by atoms with Gasteiger partial charge in [0.15, 0.2) is 16.4 Å². The molecule has 1 atom stereocenters. The smallest absolute Gasteiger partial charge is 0.177 e. The number of halogens is 3. The van der Waals surface area contributed by atoms with Gasteiger partial charge in [0, 0.05) is 35.5 Å². The second-order valence-electron chi connectivity index (χ2n) is 8.15. The maximum absolute atomic E-state index is 14.2. The van der Waals surface area contributed by atoms with Gasteiger partial charge >= 0.3 is 0 Å². The second kappa shape index (κ2) is 8.03. The van der Waals surface area contributed by atoms with Gasteiger partial charge in [0.05, 0.1) is 0 Å². The third kappa shape index (κ3) is 3.66. The highest BCUT2D eigenvalue weighted by Gasteiger charge is 2.31. The summed E-state index contributed by atoms with van der Waals surface area (Å²) < 4.78 is 44.5. The van der Waals surface area contributed by atoms with Crippen LogP contribution in [0.25, 0.3) is 0 Å². The van der Waals surface area contributed by atoms with E-state index in [1.165, 1.54) is 25.7 Å². The first-order chi connectivity index (χ1) is 13.5. The number of nitrogens with zero attached hydrogens (tertiary/aromatic N) is 2. The van der Waals surface area contributed by atoms with Crippen LogP contribution in [0.3, 0.4) is 0 Å². The highest BCUT2D eigenvalue weighted by molar-refractivity contribution is 7.71. The van der Waals surface area contributed by atoms with E-state index in [1.54, 1.807) is 0 Å². The fourth-order valence-electron chi connectivity index (χ4n) is 4.85. The van der Waals surface area contributed by atoms with Crippen LogP contribution in [0.2, 0.25) is 0 Å². The molecule has 1 unspecified atom stereocenters. The molecule has 28 heavy (non-hydrogen) atoms. The van der Waals surface area contributed by atoms with Gasteiger partial charge in [0.25, 0.3) is 0 Å². The third-order valence-electron chi connectivity index (χ3n) is 6.39. The minimum absolute atomic E-state index is 0.162. The largest absolute Gasteiger partial charge is 0.334 e. The number of fused-ring (bicyclic) bond motifs is 1. The van der Waals surface area contributed by atoms with Gasteiger partial charge in [0.2, 0.25) is 0 Å². The molecule has 152 valence electrons. The molecule has 1 aromatic carbocycles. The summed E-state index contributed by atoms with van der Waals surface area (Å²) in [6.07, 6.45) is 7.54. The molecule has 0 bridgehead atoms. The lowest BCUT2D eigenvalue weighted by Crippen LogP contribution is -2.30. The van der Waals surface area contributed by atoms with E-state index in [0.717, 1.165) is 42.9 Å². The average molecular weight is 410 g/mol. The number of H-pyrrole nitrogens is 1. The van der Waals surface area contributed by atoms with E-state index in [1.807, 2.05) is 4.57 Å². The molecule has 0 radical (unpaired) electrons. The van der Waals surface area contributed by atoms with Crippen LogP contribution in [-0.2, 0) is 19.4 Å². The van der Waals surface area contributed by atoms with Crippen molar-refractivity contribution in [3.63, 3.8) is 0 Å². The average Bonchev–Trinajstić information content (AvgIpc) is 3.38. The Hall–Kier alpha value is -1.60. The number of imidazole rings is 1. The molecule has 7 heteroatoms. The highest BCUT2D eigenvalue weighted by atomic mass is 32.1. The predicted molar refractivity (Wildman–Crippen MR) is 106 cm³/mol. The first-order valence-electron chi connectivity index (χ1n) is 10.1. The number of nitrogens with one attached hydrogen (secondary N) is 1. The van der Waals surface area contributed by atoms with Gasteiger partial charge in [-0.15, -0.1) is 0 Å². The Morgan fingerprint density at radius 2 is 1.89 bits per heavy atom. The van der Waals surface area contributed by atoms with Gasteiger partial charge in [-0.25, -0.2) is 13.2 Å². The Labute approximate surface area is 168 Å². The van der Waals surface area contributed by atoms with Crippen LogP contribution in [0, 0.1) is 22.2 Å². The van der Waals surface area contributed by atoms with E-state index in [0.29, 0.717) is 23.8 Å². The summed E-state index contributed by atoms with van der Waals surface area (Å²) in [6, 6.07) is 2.53. The van der Waals surface area contributed by atoms with Crippen molar-refractivity contribution >= 4 is 12.2 Å². The molecule has 4 rings (SSSR count). The quantitative estimate of drug-likeness (QED) is 0.530. The van der Waals surface area contributed by atoms with Crippen LogP contribution in [0.1, 0.15) is 55.0 Å². The molecule has 2 aliphatic rings. The minimum atomic E-state index is -1.08. The first kappa shape index (κ1) is 19.7. The van der Waals surface area contributed by atoms with Gasteiger partial charge in [-0.3, -0.25) is 0 Å². The number of hydrogen-bond donors (Lipinski definition) is 1. The lowest BCUT2D eigenvalue weighted by Gasteiger charge is -2.23. The van der Waals surface area contributed by atoms with Gasteiger partial charge in [-0.1, -0.05) is 12.8 Å². The summed E-state index contributed by atoms with van der Waals surface area (Å²) in [4.78, 5) is 5.71. The monoisotopic (exact) mass is 409 g/mol. The Kier molecular flexibility index (Phi) is 5.65. The normalized spacial score (nSPS) is 19.7. The molecule has 3 nitrogen and oxygen atoms in total. The molecule has 1 aromatic heterocycles. The molecule has 1 N–H and O–H groups in total. The van der Waals surface area contributed by atoms with Crippen LogP contribution in [0.15, 0.2) is 12.1 Å². The minimum Gasteiger partial charge on any atom is -0.334 e. The van der Waals surface area contributed by atoms with Crippen molar-refractivity contribution in [2.75, 3.05) is 13.6 Å². The molecule has 2 aromatic rings. The zero-order valence-corrected chi connectivity index (χ0v) is 16.9. The van der Waals surface area contributed by atoms with Gasteiger partial charge < -0.3 is 14.5 Å². The Morgan fingerprint density at radius 1 is 1.18 bits per heavy atom. The number of benzene rings is 1. The standard InChI is InChI=1S/C21H26F3N3S/c1-26(14-5-2-3-6-14)10-4-7-17-18-11-13(12-27(18)21(28)25-17)19-15(22)8-9-16(23)20(19)24/h8-9,13-14H,2-7,10-12H2,1H3,(H,25,28). The lowest BCUT2D eigenvalue weighted by atomic mass is 9.95. The highest BCUT2D eigenvalue weighted by Crippen LogP contribution is 2.35. The Balaban J connectivity index is 1.45. The van der Waals surface area contributed by atoms with E-state index in [9.17, 15) is 13.2 Å². The molecule has 0 amide bonds. The molecule has 0 spiro atoms. The van der Waals surface area contributed by atoms with Crippen molar-refractivity contribution in [2.45, 2.75) is 63.5 Å². The zero-order chi connectivity index (χ0) is 19.8. The van der Waals surface area contributed by atoms with Crippen molar-refractivity contribution in [3.8, 4) is 0 Å². The maximum Gasteiger partial charge on any atom is 0.177 e. The molecule has 1 saturated carbocycles. The van der Waals surface area contributed by atoms with Gasteiger partial charge in [0.1, 0.15) is 5.82 Å². The number of rotatable bonds is 6. The van der Waals surface area contributed by atoms with Crippen molar-refractivity contribution in [3.05, 3.63) is 51.3 Å². The summed E-state index contributed by atoms with van der Waals surface area (Å²) in [5, 5.41) is 0. The molecule has 1 fully saturated rings. The number of aromatic amines is 1.